The van der Waals surface area contributed by atoms with Crippen LogP contribution in [-0.2, 0) is 11.3 Å². The SMILES string of the molecule is CN(CC(=O)Nc1cc(Cl)ccc1-n1cncn1)Cc1ccc(N(C)C)cc1. The molecular weight excluding hydrogens is 376 g/mol. The van der Waals surface area contributed by atoms with Gasteiger partial charge in [0.25, 0.3) is 0 Å². The van der Waals surface area contributed by atoms with Crippen LogP contribution in [0.2, 0.25) is 5.02 Å². The molecule has 7 nitrogen and oxygen atoms in total. The number of carbonyl (C=O) groups excluding carboxylic acids is 1. The van der Waals surface area contributed by atoms with Gasteiger partial charge in [-0.2, -0.15) is 5.10 Å². The second-order valence-corrected chi connectivity index (χ2v) is 7.22. The van der Waals surface area contributed by atoms with E-state index in [0.29, 0.717) is 22.9 Å². The van der Waals surface area contributed by atoms with Gasteiger partial charge in [0, 0.05) is 31.4 Å². The van der Waals surface area contributed by atoms with E-state index < -0.39 is 0 Å². The number of rotatable bonds is 7. The number of amides is 1. The number of aromatic nitrogens is 3. The third kappa shape index (κ3) is 5.09. The molecule has 0 aliphatic carbocycles. The quantitative estimate of drug-likeness (QED) is 0.662. The standard InChI is InChI=1S/C20H23ClN6O/c1-25(2)17-7-4-15(5-8-17)11-26(3)12-20(28)24-18-10-16(21)6-9-19(18)27-14-22-13-23-27/h4-10,13-14H,11-12H2,1-3H3,(H,24,28). The zero-order valence-electron chi connectivity index (χ0n) is 16.1. The largest absolute Gasteiger partial charge is 0.378 e. The first-order valence-corrected chi connectivity index (χ1v) is 9.19. The lowest BCUT2D eigenvalue weighted by atomic mass is 10.2. The molecule has 3 rings (SSSR count). The third-order valence-corrected chi connectivity index (χ3v) is 4.45. The highest BCUT2D eigenvalue weighted by Crippen LogP contribution is 2.24. The van der Waals surface area contributed by atoms with E-state index in [1.54, 1.807) is 29.2 Å². The topological polar surface area (TPSA) is 66.3 Å². The number of nitrogens with zero attached hydrogens (tertiary/aromatic N) is 5. The van der Waals surface area contributed by atoms with Crippen LogP contribution in [0.4, 0.5) is 11.4 Å². The predicted molar refractivity (Wildman–Crippen MR) is 112 cm³/mol. The number of likely N-dealkylation sites (N-methyl/N-ethyl adjacent to an activating group) is 1. The zero-order chi connectivity index (χ0) is 20.1. The van der Waals surface area contributed by atoms with Crippen LogP contribution in [0.15, 0.2) is 55.1 Å². The summed E-state index contributed by atoms with van der Waals surface area (Å²) in [6.07, 6.45) is 3.01. The zero-order valence-corrected chi connectivity index (χ0v) is 16.9. The van der Waals surface area contributed by atoms with Crippen molar-refractivity contribution in [3.05, 3.63) is 65.7 Å². The fraction of sp³-hybridized carbons (Fsp3) is 0.250. The molecule has 1 aromatic heterocycles. The first-order valence-electron chi connectivity index (χ1n) is 8.81. The molecule has 28 heavy (non-hydrogen) atoms. The summed E-state index contributed by atoms with van der Waals surface area (Å²) in [5.74, 6) is -0.129. The first kappa shape index (κ1) is 19.9. The maximum Gasteiger partial charge on any atom is 0.238 e. The van der Waals surface area contributed by atoms with Crippen molar-refractivity contribution in [2.45, 2.75) is 6.54 Å². The summed E-state index contributed by atoms with van der Waals surface area (Å²) in [5.41, 5.74) is 3.58. The maximum absolute atomic E-state index is 12.5. The Morgan fingerprint density at radius 3 is 2.54 bits per heavy atom. The molecule has 1 amide bonds. The number of anilines is 2. The molecule has 2 aromatic carbocycles. The van der Waals surface area contributed by atoms with E-state index in [4.69, 9.17) is 11.6 Å². The van der Waals surface area contributed by atoms with Gasteiger partial charge < -0.3 is 10.2 Å². The van der Waals surface area contributed by atoms with Crippen molar-refractivity contribution in [2.24, 2.45) is 0 Å². The summed E-state index contributed by atoms with van der Waals surface area (Å²) in [4.78, 5) is 20.5. The van der Waals surface area contributed by atoms with Gasteiger partial charge in [-0.25, -0.2) is 9.67 Å². The number of halogens is 1. The number of hydrogen-bond acceptors (Lipinski definition) is 5. The Hall–Kier alpha value is -2.90. The highest BCUT2D eigenvalue weighted by atomic mass is 35.5. The van der Waals surface area contributed by atoms with Gasteiger partial charge in [0.05, 0.1) is 17.9 Å². The van der Waals surface area contributed by atoms with Gasteiger partial charge in [-0.05, 0) is 42.9 Å². The number of carbonyl (C=O) groups is 1. The molecular formula is C20H23ClN6O. The van der Waals surface area contributed by atoms with Crippen molar-refractivity contribution in [1.82, 2.24) is 19.7 Å². The second kappa shape index (κ2) is 8.86. The lowest BCUT2D eigenvalue weighted by molar-refractivity contribution is -0.117. The average molecular weight is 399 g/mol. The molecule has 1 N–H and O–H groups in total. The molecule has 146 valence electrons. The van der Waals surface area contributed by atoms with E-state index in [1.165, 1.54) is 6.33 Å². The molecule has 1 heterocycles. The molecule has 3 aromatic rings. The van der Waals surface area contributed by atoms with Gasteiger partial charge in [0.1, 0.15) is 12.7 Å². The minimum Gasteiger partial charge on any atom is -0.378 e. The summed E-state index contributed by atoms with van der Waals surface area (Å²) in [5, 5.41) is 7.57. The summed E-state index contributed by atoms with van der Waals surface area (Å²) in [7, 11) is 5.93. The molecule has 8 heteroatoms. The minimum atomic E-state index is -0.129. The Kier molecular flexibility index (Phi) is 6.28. The van der Waals surface area contributed by atoms with Crippen LogP contribution in [0.3, 0.4) is 0 Å². The van der Waals surface area contributed by atoms with Gasteiger partial charge in [0.2, 0.25) is 5.91 Å². The second-order valence-electron chi connectivity index (χ2n) is 6.78. The molecule has 0 bridgehead atoms. The first-order chi connectivity index (χ1) is 13.4. The Morgan fingerprint density at radius 2 is 1.89 bits per heavy atom. The highest BCUT2D eigenvalue weighted by Gasteiger charge is 2.12. The van der Waals surface area contributed by atoms with E-state index in [0.717, 1.165) is 11.3 Å². The van der Waals surface area contributed by atoms with E-state index >= 15 is 0 Å². The van der Waals surface area contributed by atoms with Gasteiger partial charge in [0.15, 0.2) is 0 Å². The smallest absolute Gasteiger partial charge is 0.238 e. The van der Waals surface area contributed by atoms with Crippen molar-refractivity contribution in [1.29, 1.82) is 0 Å². The molecule has 0 spiro atoms. The fourth-order valence-electron chi connectivity index (χ4n) is 2.84. The van der Waals surface area contributed by atoms with E-state index in [9.17, 15) is 4.79 Å². The van der Waals surface area contributed by atoms with Gasteiger partial charge in [-0.3, -0.25) is 9.69 Å². The van der Waals surface area contributed by atoms with Gasteiger partial charge in [-0.15, -0.1) is 0 Å². The lowest BCUT2D eigenvalue weighted by Crippen LogP contribution is -2.30. The van der Waals surface area contributed by atoms with Crippen molar-refractivity contribution in [3.8, 4) is 5.69 Å². The van der Waals surface area contributed by atoms with Crippen LogP contribution in [0, 0.1) is 0 Å². The van der Waals surface area contributed by atoms with Crippen molar-refractivity contribution < 1.29 is 4.79 Å². The molecule has 0 atom stereocenters. The third-order valence-electron chi connectivity index (χ3n) is 4.22. The molecule has 0 aliphatic heterocycles. The number of nitrogens with one attached hydrogen (secondary N) is 1. The van der Waals surface area contributed by atoms with Crippen LogP contribution in [0.25, 0.3) is 5.69 Å². The predicted octanol–water partition coefficient (Wildman–Crippen LogP) is 3.06. The van der Waals surface area contributed by atoms with Gasteiger partial charge >= 0.3 is 0 Å². The molecule has 0 aliphatic rings. The van der Waals surface area contributed by atoms with Crippen LogP contribution < -0.4 is 10.2 Å². The summed E-state index contributed by atoms with van der Waals surface area (Å²) >= 11 is 6.10. The van der Waals surface area contributed by atoms with E-state index in [2.05, 4.69) is 44.6 Å². The Morgan fingerprint density at radius 1 is 1.14 bits per heavy atom. The molecule has 0 radical (unpaired) electrons. The number of hydrogen-bond donors (Lipinski definition) is 1. The minimum absolute atomic E-state index is 0.129. The van der Waals surface area contributed by atoms with Crippen molar-refractivity contribution in [3.63, 3.8) is 0 Å². The Labute approximate surface area is 169 Å². The highest BCUT2D eigenvalue weighted by molar-refractivity contribution is 6.31. The summed E-state index contributed by atoms with van der Waals surface area (Å²) < 4.78 is 1.59. The molecule has 0 unspecified atom stereocenters. The molecule has 0 fully saturated rings. The van der Waals surface area contributed by atoms with Gasteiger partial charge in [-0.1, -0.05) is 23.7 Å². The summed E-state index contributed by atoms with van der Waals surface area (Å²) in [6, 6.07) is 13.5. The van der Waals surface area contributed by atoms with Crippen molar-refractivity contribution >= 4 is 28.9 Å². The van der Waals surface area contributed by atoms with Crippen LogP contribution in [0.1, 0.15) is 5.56 Å². The average Bonchev–Trinajstić information content (AvgIpc) is 3.16. The Balaban J connectivity index is 1.63. The van der Waals surface area contributed by atoms with Crippen molar-refractivity contribution in [2.75, 3.05) is 37.9 Å². The van der Waals surface area contributed by atoms with Crippen LogP contribution in [0.5, 0.6) is 0 Å². The van der Waals surface area contributed by atoms with E-state index in [1.807, 2.05) is 26.0 Å². The lowest BCUT2D eigenvalue weighted by Gasteiger charge is -2.18. The molecule has 0 saturated heterocycles. The van der Waals surface area contributed by atoms with Crippen LogP contribution in [-0.4, -0.2) is 53.3 Å². The Bertz CT molecular complexity index is 924. The number of benzene rings is 2. The fourth-order valence-corrected chi connectivity index (χ4v) is 3.01. The monoisotopic (exact) mass is 398 g/mol. The molecule has 0 saturated carbocycles. The summed E-state index contributed by atoms with van der Waals surface area (Å²) in [6.45, 7) is 0.922. The maximum atomic E-state index is 12.5. The normalized spacial score (nSPS) is 10.9. The van der Waals surface area contributed by atoms with Crippen LogP contribution >= 0.6 is 11.6 Å². The van der Waals surface area contributed by atoms with E-state index in [-0.39, 0.29) is 12.5 Å².